The molecule has 172 valence electrons. The quantitative estimate of drug-likeness (QED) is 0.355. The fraction of sp³-hybridized carbons (Fsp3) is 0.231. The Kier molecular flexibility index (Phi) is 4.65. The molecular formula is C26H21F3N4O. The highest BCUT2D eigenvalue weighted by Gasteiger charge is 2.31. The zero-order valence-electron chi connectivity index (χ0n) is 21.1. The van der Waals surface area contributed by atoms with E-state index in [1.54, 1.807) is 0 Å². The van der Waals surface area contributed by atoms with E-state index in [-0.39, 0.29) is 23.4 Å². The zero-order chi connectivity index (χ0) is 26.5. The Morgan fingerprint density at radius 3 is 2.85 bits per heavy atom. The van der Waals surface area contributed by atoms with Crippen LogP contribution in [0.25, 0.3) is 26.9 Å². The van der Waals surface area contributed by atoms with Gasteiger partial charge in [-0.2, -0.15) is 13.9 Å². The molecule has 0 saturated heterocycles. The maximum absolute atomic E-state index is 15.0. The van der Waals surface area contributed by atoms with Gasteiger partial charge in [0.15, 0.2) is 5.69 Å². The lowest BCUT2D eigenvalue weighted by molar-refractivity contribution is -0.0495. The van der Waals surface area contributed by atoms with E-state index in [9.17, 15) is 8.78 Å². The third-order valence-electron chi connectivity index (χ3n) is 6.20. The molecule has 3 aromatic carbocycles. The van der Waals surface area contributed by atoms with Crippen LogP contribution in [-0.4, -0.2) is 35.2 Å². The highest BCUT2D eigenvalue weighted by atomic mass is 19.3. The summed E-state index contributed by atoms with van der Waals surface area (Å²) in [5.74, 6) is -1.25. The van der Waals surface area contributed by atoms with Crippen LogP contribution in [0.2, 0.25) is 0 Å². The zero-order valence-corrected chi connectivity index (χ0v) is 18.1. The Hall–Kier alpha value is -3.83. The number of ether oxygens (including phenoxy) is 1. The minimum atomic E-state index is -3.19. The number of H-pyrrole nitrogens is 1. The number of nitrogens with one attached hydrogen (secondary N) is 1. The van der Waals surface area contributed by atoms with Gasteiger partial charge in [0.2, 0.25) is 0 Å². The van der Waals surface area contributed by atoms with Gasteiger partial charge in [0, 0.05) is 21.6 Å². The summed E-state index contributed by atoms with van der Waals surface area (Å²) in [4.78, 5) is 4.86. The second-order valence-electron chi connectivity index (χ2n) is 8.12. The molecule has 1 aliphatic rings. The SMILES string of the molecule is [2H]C([2H])([2H])N1CCc2c(C)cccc2C1c1n[nH]c2cc([N+]#[C-])c(-c3c(F)cccc3OC(F)F)cc12. The molecule has 0 radical (unpaired) electrons. The number of halogens is 3. The lowest BCUT2D eigenvalue weighted by Gasteiger charge is -2.34. The lowest BCUT2D eigenvalue weighted by atomic mass is 9.87. The van der Waals surface area contributed by atoms with Crippen molar-refractivity contribution in [2.45, 2.75) is 26.0 Å². The number of alkyl halides is 2. The van der Waals surface area contributed by atoms with E-state index in [0.717, 1.165) is 22.8 Å². The van der Waals surface area contributed by atoms with Gasteiger partial charge in [-0.3, -0.25) is 10.00 Å². The molecule has 0 bridgehead atoms. The van der Waals surface area contributed by atoms with E-state index in [0.29, 0.717) is 23.0 Å². The summed E-state index contributed by atoms with van der Waals surface area (Å²) in [7, 11) is 0. The average Bonchev–Trinajstić information content (AvgIpc) is 3.24. The van der Waals surface area contributed by atoms with Gasteiger partial charge in [-0.15, -0.1) is 0 Å². The predicted octanol–water partition coefficient (Wildman–Crippen LogP) is 6.41. The van der Waals surface area contributed by atoms with Crippen LogP contribution in [-0.2, 0) is 6.42 Å². The Labute approximate surface area is 198 Å². The molecular weight excluding hydrogens is 441 g/mol. The van der Waals surface area contributed by atoms with Gasteiger partial charge >= 0.3 is 6.61 Å². The summed E-state index contributed by atoms with van der Waals surface area (Å²) < 4.78 is 70.3. The third-order valence-corrected chi connectivity index (χ3v) is 6.20. The Morgan fingerprint density at radius 2 is 2.09 bits per heavy atom. The van der Waals surface area contributed by atoms with Crippen molar-refractivity contribution in [2.24, 2.45) is 0 Å². The van der Waals surface area contributed by atoms with E-state index in [1.807, 2.05) is 25.1 Å². The van der Waals surface area contributed by atoms with E-state index >= 15 is 4.39 Å². The van der Waals surface area contributed by atoms with Crippen molar-refractivity contribution in [1.29, 1.82) is 0 Å². The number of aryl methyl sites for hydroxylation is 1. The van der Waals surface area contributed by atoms with E-state index in [4.69, 9.17) is 10.7 Å². The van der Waals surface area contributed by atoms with E-state index in [1.165, 1.54) is 29.2 Å². The van der Waals surface area contributed by atoms with Crippen molar-refractivity contribution >= 4 is 16.6 Å². The van der Waals surface area contributed by atoms with Crippen LogP contribution in [0.5, 0.6) is 5.75 Å². The second-order valence-corrected chi connectivity index (χ2v) is 8.12. The molecule has 34 heavy (non-hydrogen) atoms. The van der Waals surface area contributed by atoms with Gasteiger partial charge in [0.05, 0.1) is 23.8 Å². The van der Waals surface area contributed by atoms with E-state index < -0.39 is 31.2 Å². The molecule has 4 aromatic rings. The third kappa shape index (κ3) is 3.58. The second kappa shape index (κ2) is 8.50. The molecule has 8 heteroatoms. The summed E-state index contributed by atoms with van der Waals surface area (Å²) in [6.07, 6.45) is 0.552. The maximum Gasteiger partial charge on any atom is 0.387 e. The predicted molar refractivity (Wildman–Crippen MR) is 124 cm³/mol. The smallest absolute Gasteiger partial charge is 0.387 e. The summed E-state index contributed by atoms with van der Waals surface area (Å²) in [5, 5.41) is 7.77. The van der Waals surface area contributed by atoms with Crippen molar-refractivity contribution in [2.75, 3.05) is 13.5 Å². The molecule has 0 aliphatic carbocycles. The summed E-state index contributed by atoms with van der Waals surface area (Å²) in [6.45, 7) is 4.23. The molecule has 2 heterocycles. The summed E-state index contributed by atoms with van der Waals surface area (Å²) in [5.41, 5.74) is 3.42. The number of benzene rings is 3. The van der Waals surface area contributed by atoms with Crippen LogP contribution >= 0.6 is 0 Å². The van der Waals surface area contributed by atoms with Crippen LogP contribution in [0, 0.1) is 19.3 Å². The largest absolute Gasteiger partial charge is 0.434 e. The van der Waals surface area contributed by atoms with Crippen LogP contribution in [0.4, 0.5) is 18.9 Å². The molecule has 0 saturated carbocycles. The minimum Gasteiger partial charge on any atom is -0.434 e. The first-order valence-corrected chi connectivity index (χ1v) is 10.6. The van der Waals surface area contributed by atoms with Crippen LogP contribution < -0.4 is 4.74 Å². The number of rotatable bonds is 4. The van der Waals surface area contributed by atoms with Crippen molar-refractivity contribution in [1.82, 2.24) is 15.1 Å². The standard InChI is InChI=1S/C26H21F3N4O/c1-14-6-4-7-16-15(14)10-11-33(3)25(16)24-18-12-17(20(30-2)13-21(18)31-32-24)23-19(27)8-5-9-22(23)34-26(28)29/h4-9,12-13,25-26H,10-11H2,1,3H3,(H,31,32)/i3D3. The van der Waals surface area contributed by atoms with Gasteiger partial charge in [-0.1, -0.05) is 30.3 Å². The van der Waals surface area contributed by atoms with Gasteiger partial charge < -0.3 is 4.74 Å². The van der Waals surface area contributed by atoms with Crippen molar-refractivity contribution in [3.63, 3.8) is 0 Å². The van der Waals surface area contributed by atoms with Gasteiger partial charge in [-0.25, -0.2) is 9.24 Å². The maximum atomic E-state index is 15.0. The van der Waals surface area contributed by atoms with Crippen molar-refractivity contribution < 1.29 is 22.0 Å². The Balaban J connectivity index is 1.78. The molecule has 0 spiro atoms. The topological polar surface area (TPSA) is 45.5 Å². The summed E-state index contributed by atoms with van der Waals surface area (Å²) >= 11 is 0. The number of hydrogen-bond donors (Lipinski definition) is 1. The summed E-state index contributed by atoms with van der Waals surface area (Å²) in [6, 6.07) is 11.4. The molecule has 1 N–H and O–H groups in total. The van der Waals surface area contributed by atoms with Crippen molar-refractivity contribution in [3.8, 4) is 16.9 Å². The monoisotopic (exact) mass is 465 g/mol. The highest BCUT2D eigenvalue weighted by Crippen LogP contribution is 2.44. The molecule has 5 rings (SSSR count). The number of aromatic amines is 1. The Morgan fingerprint density at radius 1 is 1.26 bits per heavy atom. The Bertz CT molecular complexity index is 1540. The number of likely N-dealkylation sites (N-methyl/N-ethyl adjacent to an activating group) is 1. The molecule has 0 fully saturated rings. The average molecular weight is 465 g/mol. The number of hydrogen-bond acceptors (Lipinski definition) is 3. The molecule has 0 amide bonds. The highest BCUT2D eigenvalue weighted by molar-refractivity contribution is 5.95. The van der Waals surface area contributed by atoms with Gasteiger partial charge in [0.25, 0.3) is 0 Å². The first-order chi connectivity index (χ1) is 17.6. The normalized spacial score (nSPS) is 17.6. The number of aromatic nitrogens is 2. The first kappa shape index (κ1) is 18.6. The number of nitrogens with zero attached hydrogens (tertiary/aromatic N) is 3. The van der Waals surface area contributed by atoms with Gasteiger partial charge in [0.1, 0.15) is 11.6 Å². The van der Waals surface area contributed by atoms with Crippen molar-refractivity contribution in [3.05, 3.63) is 88.1 Å². The molecule has 1 unspecified atom stereocenters. The molecule has 1 aromatic heterocycles. The number of fused-ring (bicyclic) bond motifs is 2. The first-order valence-electron chi connectivity index (χ1n) is 12.1. The fourth-order valence-corrected chi connectivity index (χ4v) is 4.68. The fourth-order valence-electron chi connectivity index (χ4n) is 4.68. The molecule has 5 nitrogen and oxygen atoms in total. The molecule has 1 aliphatic heterocycles. The minimum absolute atomic E-state index is 0.000479. The van der Waals surface area contributed by atoms with Crippen LogP contribution in [0.15, 0.2) is 48.5 Å². The molecule has 1 atom stereocenters. The lowest BCUT2D eigenvalue weighted by Crippen LogP contribution is -2.33. The van der Waals surface area contributed by atoms with E-state index in [2.05, 4.69) is 19.8 Å². The van der Waals surface area contributed by atoms with Crippen LogP contribution in [0.3, 0.4) is 0 Å². The van der Waals surface area contributed by atoms with Gasteiger partial charge in [-0.05, 0) is 60.8 Å². The van der Waals surface area contributed by atoms with Crippen LogP contribution in [0.1, 0.15) is 32.5 Å².